The van der Waals surface area contributed by atoms with Crippen molar-refractivity contribution in [2.75, 3.05) is 0 Å². The lowest BCUT2D eigenvalue weighted by Gasteiger charge is -1.90. The minimum absolute atomic E-state index is 0.176. The van der Waals surface area contributed by atoms with Gasteiger partial charge in [-0.05, 0) is 41.6 Å². The van der Waals surface area contributed by atoms with E-state index < -0.39 is 5.97 Å². The number of aliphatic carboxylic acids is 1. The predicted octanol–water partition coefficient (Wildman–Crippen LogP) is 2.64. The number of carboxylic acids is 1. The average Bonchev–Trinajstić information content (AvgIpc) is 2.11. The van der Waals surface area contributed by atoms with Crippen LogP contribution in [0.25, 0.3) is 0 Å². The minimum atomic E-state index is -0.935. The highest BCUT2D eigenvalue weighted by atomic mass is 127. The molecule has 0 atom stereocenters. The molecule has 3 nitrogen and oxygen atoms in total. The summed E-state index contributed by atoms with van der Waals surface area (Å²) in [4.78, 5) is 9.60. The standard InChI is InChI=1S/C6H5IO.C4H6O2/c7-5-3-1-2-4-6(5)8;1-3(2)4(5)6/h1-4,8H;1H2,2H3,(H,5,6). The topological polar surface area (TPSA) is 57.5 Å². The van der Waals surface area contributed by atoms with E-state index in [0.717, 1.165) is 3.57 Å². The van der Waals surface area contributed by atoms with E-state index in [4.69, 9.17) is 10.2 Å². The number of rotatable bonds is 1. The molecule has 0 spiro atoms. The summed E-state index contributed by atoms with van der Waals surface area (Å²) in [5.74, 6) is -0.580. The highest BCUT2D eigenvalue weighted by Gasteiger charge is 1.90. The normalized spacial score (nSPS) is 8.43. The first-order chi connectivity index (χ1) is 6.45. The van der Waals surface area contributed by atoms with E-state index in [1.807, 2.05) is 12.1 Å². The molecule has 2 N–H and O–H groups in total. The summed E-state index contributed by atoms with van der Waals surface area (Å²) in [5, 5.41) is 16.8. The molecule has 0 heterocycles. The van der Waals surface area contributed by atoms with Gasteiger partial charge in [0.25, 0.3) is 0 Å². The van der Waals surface area contributed by atoms with Crippen molar-refractivity contribution in [1.29, 1.82) is 0 Å². The van der Waals surface area contributed by atoms with Gasteiger partial charge in [-0.2, -0.15) is 0 Å². The molecule has 0 amide bonds. The molecule has 76 valence electrons. The van der Waals surface area contributed by atoms with Crippen LogP contribution in [0.3, 0.4) is 0 Å². The summed E-state index contributed by atoms with van der Waals surface area (Å²) in [7, 11) is 0. The van der Waals surface area contributed by atoms with Crippen LogP contribution in [0.4, 0.5) is 0 Å². The molecule has 0 unspecified atom stereocenters. The summed E-state index contributed by atoms with van der Waals surface area (Å²) >= 11 is 2.07. The highest BCUT2D eigenvalue weighted by Crippen LogP contribution is 2.16. The van der Waals surface area contributed by atoms with Crippen LogP contribution in [0.2, 0.25) is 0 Å². The number of para-hydroxylation sites is 1. The zero-order valence-corrected chi connectivity index (χ0v) is 9.85. The Morgan fingerprint density at radius 3 is 2.07 bits per heavy atom. The quantitative estimate of drug-likeness (QED) is 0.619. The number of carbonyl (C=O) groups is 1. The average molecular weight is 306 g/mol. The Labute approximate surface area is 96.2 Å². The molecular formula is C10H11IO3. The number of carboxylic acid groups (broad SMARTS) is 1. The fraction of sp³-hybridized carbons (Fsp3) is 0.100. The Kier molecular flexibility index (Phi) is 5.94. The maximum absolute atomic E-state index is 9.60. The second-order valence-electron chi connectivity index (χ2n) is 2.54. The Bertz CT molecular complexity index is 301. The van der Waals surface area contributed by atoms with Crippen molar-refractivity contribution >= 4 is 28.6 Å². The summed E-state index contributed by atoms with van der Waals surface area (Å²) in [6.07, 6.45) is 0. The Morgan fingerprint density at radius 1 is 1.43 bits per heavy atom. The second-order valence-corrected chi connectivity index (χ2v) is 3.70. The smallest absolute Gasteiger partial charge is 0.330 e. The third-order valence-electron chi connectivity index (χ3n) is 1.22. The number of phenols is 1. The summed E-state index contributed by atoms with van der Waals surface area (Å²) in [6, 6.07) is 7.22. The molecule has 0 saturated heterocycles. The van der Waals surface area contributed by atoms with E-state index in [1.54, 1.807) is 12.1 Å². The van der Waals surface area contributed by atoms with Gasteiger partial charge in [0.05, 0.1) is 3.57 Å². The number of halogens is 1. The molecular weight excluding hydrogens is 295 g/mol. The Morgan fingerprint density at radius 2 is 1.86 bits per heavy atom. The highest BCUT2D eigenvalue weighted by molar-refractivity contribution is 14.1. The van der Waals surface area contributed by atoms with Gasteiger partial charge < -0.3 is 10.2 Å². The first-order valence-electron chi connectivity index (χ1n) is 3.77. The van der Waals surface area contributed by atoms with Crippen molar-refractivity contribution in [3.8, 4) is 5.75 Å². The van der Waals surface area contributed by atoms with Gasteiger partial charge in [0, 0.05) is 5.57 Å². The van der Waals surface area contributed by atoms with Crippen LogP contribution in [-0.4, -0.2) is 16.2 Å². The SMILES string of the molecule is C=C(C)C(=O)O.Oc1ccccc1I. The molecule has 0 bridgehead atoms. The zero-order valence-electron chi connectivity index (χ0n) is 7.70. The molecule has 1 aromatic rings. The van der Waals surface area contributed by atoms with Gasteiger partial charge in [0.15, 0.2) is 0 Å². The van der Waals surface area contributed by atoms with Gasteiger partial charge in [-0.25, -0.2) is 4.79 Å². The first kappa shape index (κ1) is 13.0. The molecule has 0 aromatic heterocycles. The molecule has 0 aliphatic carbocycles. The van der Waals surface area contributed by atoms with Crippen LogP contribution in [0.5, 0.6) is 5.75 Å². The first-order valence-corrected chi connectivity index (χ1v) is 4.85. The Balaban J connectivity index is 0.000000255. The summed E-state index contributed by atoms with van der Waals surface area (Å²) in [6.45, 7) is 4.60. The molecule has 0 aliphatic rings. The Hall–Kier alpha value is -1.04. The molecule has 14 heavy (non-hydrogen) atoms. The minimum Gasteiger partial charge on any atom is -0.507 e. The molecule has 0 radical (unpaired) electrons. The number of phenolic OH excluding ortho intramolecular Hbond substituents is 1. The number of benzene rings is 1. The van der Waals surface area contributed by atoms with Crippen molar-refractivity contribution in [1.82, 2.24) is 0 Å². The predicted molar refractivity (Wildman–Crippen MR) is 63.3 cm³/mol. The zero-order chi connectivity index (χ0) is 11.1. The number of hydrogen-bond acceptors (Lipinski definition) is 2. The molecule has 1 aromatic carbocycles. The van der Waals surface area contributed by atoms with E-state index >= 15 is 0 Å². The van der Waals surface area contributed by atoms with Gasteiger partial charge in [-0.3, -0.25) is 0 Å². The molecule has 4 heteroatoms. The molecule has 0 fully saturated rings. The summed E-state index contributed by atoms with van der Waals surface area (Å²) < 4.78 is 0.894. The number of hydrogen-bond donors (Lipinski definition) is 2. The van der Waals surface area contributed by atoms with E-state index in [2.05, 4.69) is 29.2 Å². The largest absolute Gasteiger partial charge is 0.507 e. The monoisotopic (exact) mass is 306 g/mol. The maximum atomic E-state index is 9.60. The third kappa shape index (κ3) is 5.58. The van der Waals surface area contributed by atoms with Gasteiger partial charge in [-0.15, -0.1) is 0 Å². The van der Waals surface area contributed by atoms with E-state index in [-0.39, 0.29) is 5.57 Å². The lowest BCUT2D eigenvalue weighted by atomic mass is 10.3. The summed E-state index contributed by atoms with van der Waals surface area (Å²) in [5.41, 5.74) is 0.176. The van der Waals surface area contributed by atoms with Crippen molar-refractivity contribution in [3.63, 3.8) is 0 Å². The van der Waals surface area contributed by atoms with E-state index in [1.165, 1.54) is 6.92 Å². The van der Waals surface area contributed by atoms with Gasteiger partial charge in [-0.1, -0.05) is 18.7 Å². The van der Waals surface area contributed by atoms with E-state index in [0.29, 0.717) is 5.75 Å². The number of aromatic hydroxyl groups is 1. The van der Waals surface area contributed by atoms with Crippen LogP contribution in [0.15, 0.2) is 36.4 Å². The maximum Gasteiger partial charge on any atom is 0.330 e. The van der Waals surface area contributed by atoms with Crippen LogP contribution in [0, 0.1) is 3.57 Å². The van der Waals surface area contributed by atoms with Gasteiger partial charge >= 0.3 is 5.97 Å². The fourth-order valence-corrected chi connectivity index (χ4v) is 0.839. The molecule has 0 aliphatic heterocycles. The molecule has 0 saturated carbocycles. The van der Waals surface area contributed by atoms with Crippen molar-refractivity contribution in [2.24, 2.45) is 0 Å². The lowest BCUT2D eigenvalue weighted by Crippen LogP contribution is -1.92. The third-order valence-corrected chi connectivity index (χ3v) is 2.13. The fourth-order valence-electron chi connectivity index (χ4n) is 0.452. The molecule has 1 rings (SSSR count). The van der Waals surface area contributed by atoms with E-state index in [9.17, 15) is 4.79 Å². The van der Waals surface area contributed by atoms with Crippen LogP contribution < -0.4 is 0 Å². The second kappa shape index (κ2) is 6.42. The van der Waals surface area contributed by atoms with Gasteiger partial charge in [0.1, 0.15) is 5.75 Å². The van der Waals surface area contributed by atoms with Crippen molar-refractivity contribution in [2.45, 2.75) is 6.92 Å². The van der Waals surface area contributed by atoms with Crippen LogP contribution >= 0.6 is 22.6 Å². The van der Waals surface area contributed by atoms with Crippen molar-refractivity contribution in [3.05, 3.63) is 40.0 Å². The lowest BCUT2D eigenvalue weighted by molar-refractivity contribution is -0.132. The van der Waals surface area contributed by atoms with Crippen LogP contribution in [0.1, 0.15) is 6.92 Å². The van der Waals surface area contributed by atoms with Crippen LogP contribution in [-0.2, 0) is 4.79 Å². The van der Waals surface area contributed by atoms with Crippen molar-refractivity contribution < 1.29 is 15.0 Å². The van der Waals surface area contributed by atoms with Gasteiger partial charge in [0.2, 0.25) is 0 Å².